The second kappa shape index (κ2) is 8.29. The number of hydrogen-bond acceptors (Lipinski definition) is 4. The lowest BCUT2D eigenvalue weighted by atomic mass is 10.0. The van der Waals surface area contributed by atoms with Crippen LogP contribution in [0.15, 0.2) is 53.4 Å². The molecule has 2 aromatic carbocycles. The van der Waals surface area contributed by atoms with Crippen LogP contribution in [0.25, 0.3) is 0 Å². The second-order valence-electron chi connectivity index (χ2n) is 6.01. The van der Waals surface area contributed by atoms with Crippen LogP contribution in [0.3, 0.4) is 0 Å². The average molecular weight is 380 g/mol. The summed E-state index contributed by atoms with van der Waals surface area (Å²) in [6.07, 6.45) is -1.10. The van der Waals surface area contributed by atoms with E-state index in [0.717, 1.165) is 5.56 Å². The number of benzene rings is 2. The van der Waals surface area contributed by atoms with Crippen LogP contribution in [0.2, 0.25) is 0 Å². The summed E-state index contributed by atoms with van der Waals surface area (Å²) in [5.41, 5.74) is 3.07. The van der Waals surface area contributed by atoms with Crippen molar-refractivity contribution in [3.8, 4) is 5.75 Å². The fraction of sp³-hybridized carbons (Fsp3) is 0.278. The van der Waals surface area contributed by atoms with Gasteiger partial charge in [-0.25, -0.2) is 12.8 Å². The van der Waals surface area contributed by atoms with E-state index in [1.54, 1.807) is 18.2 Å². The second-order valence-corrected chi connectivity index (χ2v) is 7.69. The van der Waals surface area contributed by atoms with Crippen molar-refractivity contribution in [2.45, 2.75) is 37.7 Å². The van der Waals surface area contributed by atoms with Gasteiger partial charge in [0.15, 0.2) is 17.7 Å². The van der Waals surface area contributed by atoms with E-state index in [4.69, 9.17) is 4.74 Å². The Labute approximate surface area is 152 Å². The van der Waals surface area contributed by atoms with E-state index in [2.05, 4.69) is 5.43 Å². The summed E-state index contributed by atoms with van der Waals surface area (Å²) >= 11 is 0. The zero-order chi connectivity index (χ0) is 19.3. The van der Waals surface area contributed by atoms with Crippen molar-refractivity contribution in [3.63, 3.8) is 0 Å². The number of amides is 1. The van der Waals surface area contributed by atoms with Crippen LogP contribution < -0.4 is 15.0 Å². The van der Waals surface area contributed by atoms with Gasteiger partial charge < -0.3 is 4.74 Å². The van der Waals surface area contributed by atoms with E-state index < -0.39 is 27.9 Å². The minimum Gasteiger partial charge on any atom is -0.478 e. The molecule has 6 nitrogen and oxygen atoms in total. The molecular formula is C18H21FN2O4S. The van der Waals surface area contributed by atoms with Gasteiger partial charge in [0.05, 0.1) is 4.90 Å². The summed E-state index contributed by atoms with van der Waals surface area (Å²) in [6.45, 7) is 5.38. The maximum atomic E-state index is 13.5. The van der Waals surface area contributed by atoms with Crippen LogP contribution in [0, 0.1) is 5.82 Å². The number of nitrogens with one attached hydrogen (secondary N) is 2. The molecule has 1 amide bonds. The molecule has 2 aromatic rings. The van der Waals surface area contributed by atoms with Crippen LogP contribution in [0.5, 0.6) is 5.75 Å². The Morgan fingerprint density at radius 2 is 1.65 bits per heavy atom. The topological polar surface area (TPSA) is 84.5 Å². The predicted octanol–water partition coefficient (Wildman–Crippen LogP) is 2.73. The van der Waals surface area contributed by atoms with Gasteiger partial charge in [0.1, 0.15) is 0 Å². The molecule has 0 radical (unpaired) electrons. The average Bonchev–Trinajstić information content (AvgIpc) is 2.61. The molecule has 0 aliphatic heterocycles. The quantitative estimate of drug-likeness (QED) is 0.724. The largest absolute Gasteiger partial charge is 0.478 e. The zero-order valence-electron chi connectivity index (χ0n) is 14.7. The summed E-state index contributed by atoms with van der Waals surface area (Å²) in [5, 5.41) is 0. The summed E-state index contributed by atoms with van der Waals surface area (Å²) in [6, 6.07) is 12.0. The van der Waals surface area contributed by atoms with Crippen molar-refractivity contribution in [2.75, 3.05) is 0 Å². The minimum atomic E-state index is -3.92. The highest BCUT2D eigenvalue weighted by Crippen LogP contribution is 2.18. The van der Waals surface area contributed by atoms with E-state index in [0.29, 0.717) is 0 Å². The number of halogens is 1. The molecule has 0 spiro atoms. The third kappa shape index (κ3) is 5.03. The first-order valence-corrected chi connectivity index (χ1v) is 9.52. The van der Waals surface area contributed by atoms with E-state index in [1.165, 1.54) is 37.3 Å². The van der Waals surface area contributed by atoms with Gasteiger partial charge in [-0.05, 0) is 42.7 Å². The van der Waals surface area contributed by atoms with Crippen LogP contribution in [0.4, 0.5) is 4.39 Å². The van der Waals surface area contributed by atoms with Crippen molar-refractivity contribution in [3.05, 3.63) is 59.9 Å². The molecule has 0 fully saturated rings. The first-order chi connectivity index (χ1) is 12.2. The number of carbonyl (C=O) groups excluding carboxylic acids is 1. The molecule has 0 saturated carbocycles. The minimum absolute atomic E-state index is 0.0184. The SMILES string of the molecule is CC(C)c1ccc(S(=O)(=O)NNC(=O)[C@H](C)Oc2ccccc2F)cc1. The maximum Gasteiger partial charge on any atom is 0.275 e. The molecule has 0 aliphatic rings. The fourth-order valence-electron chi connectivity index (χ4n) is 2.09. The lowest BCUT2D eigenvalue weighted by Crippen LogP contribution is -2.47. The van der Waals surface area contributed by atoms with Gasteiger partial charge in [-0.1, -0.05) is 38.1 Å². The van der Waals surface area contributed by atoms with Gasteiger partial charge in [0.2, 0.25) is 0 Å². The first kappa shape index (κ1) is 19.9. The Bertz CT molecular complexity index is 867. The number of sulfonamides is 1. The molecule has 2 N–H and O–H groups in total. The zero-order valence-corrected chi connectivity index (χ0v) is 15.5. The molecule has 26 heavy (non-hydrogen) atoms. The molecule has 0 bridgehead atoms. The molecule has 1 atom stereocenters. The Morgan fingerprint density at radius 1 is 1.04 bits per heavy atom. The Morgan fingerprint density at radius 3 is 2.23 bits per heavy atom. The summed E-state index contributed by atoms with van der Waals surface area (Å²) < 4.78 is 43.2. The lowest BCUT2D eigenvalue weighted by Gasteiger charge is -2.15. The highest BCUT2D eigenvalue weighted by molar-refractivity contribution is 7.89. The highest BCUT2D eigenvalue weighted by atomic mass is 32.2. The predicted molar refractivity (Wildman–Crippen MR) is 95.5 cm³/mol. The lowest BCUT2D eigenvalue weighted by molar-refractivity contribution is -0.127. The van der Waals surface area contributed by atoms with Crippen molar-refractivity contribution >= 4 is 15.9 Å². The molecule has 8 heteroatoms. The third-order valence-electron chi connectivity index (χ3n) is 3.68. The molecule has 0 saturated heterocycles. The maximum absolute atomic E-state index is 13.5. The van der Waals surface area contributed by atoms with Gasteiger partial charge in [0.25, 0.3) is 15.9 Å². The highest BCUT2D eigenvalue weighted by Gasteiger charge is 2.20. The number of rotatable bonds is 7. The molecular weight excluding hydrogens is 359 g/mol. The standard InChI is InChI=1S/C18H21FN2O4S/c1-12(2)14-8-10-15(11-9-14)26(23,24)21-20-18(22)13(3)25-17-7-5-4-6-16(17)19/h4-13,21H,1-3H3,(H,20,22)/t13-/m0/s1. The van der Waals surface area contributed by atoms with Crippen LogP contribution in [0.1, 0.15) is 32.3 Å². The fourth-order valence-corrected chi connectivity index (χ4v) is 2.94. The van der Waals surface area contributed by atoms with Crippen LogP contribution >= 0.6 is 0 Å². The van der Waals surface area contributed by atoms with E-state index in [-0.39, 0.29) is 16.6 Å². The van der Waals surface area contributed by atoms with Crippen LogP contribution in [-0.4, -0.2) is 20.4 Å². The molecule has 2 rings (SSSR count). The molecule has 0 unspecified atom stereocenters. The Kier molecular flexibility index (Phi) is 6.33. The molecule has 0 aliphatic carbocycles. The van der Waals surface area contributed by atoms with E-state index >= 15 is 0 Å². The number of carbonyl (C=O) groups is 1. The molecule has 0 aromatic heterocycles. The number of para-hydroxylation sites is 1. The molecule has 140 valence electrons. The van der Waals surface area contributed by atoms with Gasteiger partial charge in [-0.2, -0.15) is 0 Å². The van der Waals surface area contributed by atoms with Gasteiger partial charge in [-0.15, -0.1) is 4.83 Å². The van der Waals surface area contributed by atoms with Gasteiger partial charge in [-0.3, -0.25) is 10.2 Å². The first-order valence-electron chi connectivity index (χ1n) is 8.03. The van der Waals surface area contributed by atoms with Gasteiger partial charge >= 0.3 is 0 Å². The van der Waals surface area contributed by atoms with E-state index in [9.17, 15) is 17.6 Å². The Hall–Kier alpha value is -2.45. The van der Waals surface area contributed by atoms with Crippen molar-refractivity contribution in [1.29, 1.82) is 0 Å². The van der Waals surface area contributed by atoms with Crippen molar-refractivity contribution in [2.24, 2.45) is 0 Å². The smallest absolute Gasteiger partial charge is 0.275 e. The van der Waals surface area contributed by atoms with E-state index in [1.807, 2.05) is 18.7 Å². The Balaban J connectivity index is 1.97. The van der Waals surface area contributed by atoms with Gasteiger partial charge in [0, 0.05) is 0 Å². The van der Waals surface area contributed by atoms with Crippen LogP contribution in [-0.2, 0) is 14.8 Å². The summed E-state index contributed by atoms with van der Waals surface area (Å²) in [5.74, 6) is -1.19. The number of hydrogen-bond donors (Lipinski definition) is 2. The monoisotopic (exact) mass is 380 g/mol. The molecule has 0 heterocycles. The number of hydrazine groups is 1. The van der Waals surface area contributed by atoms with Crippen molar-refractivity contribution in [1.82, 2.24) is 10.3 Å². The van der Waals surface area contributed by atoms with Crippen molar-refractivity contribution < 1.29 is 22.3 Å². The summed E-state index contributed by atoms with van der Waals surface area (Å²) in [7, 11) is -3.92. The number of ether oxygens (including phenoxy) is 1. The third-order valence-corrected chi connectivity index (χ3v) is 4.94. The normalized spacial score (nSPS) is 12.7. The summed E-state index contributed by atoms with van der Waals surface area (Å²) in [4.78, 5) is 14.0.